The molecule has 1 aromatic rings. The van der Waals surface area contributed by atoms with Crippen molar-refractivity contribution in [3.05, 3.63) is 9.98 Å². The lowest BCUT2D eigenvalue weighted by Crippen LogP contribution is -2.27. The number of fused-ring (bicyclic) bond motifs is 2. The van der Waals surface area contributed by atoms with E-state index < -0.39 is 0 Å². The summed E-state index contributed by atoms with van der Waals surface area (Å²) < 4.78 is 0.954. The lowest BCUT2D eigenvalue weighted by molar-refractivity contribution is -0.121. The van der Waals surface area contributed by atoms with Crippen molar-refractivity contribution in [3.63, 3.8) is 0 Å². The van der Waals surface area contributed by atoms with Gasteiger partial charge < -0.3 is 5.32 Å². The highest BCUT2D eigenvalue weighted by molar-refractivity contribution is 9.11. The zero-order valence-electron chi connectivity index (χ0n) is 8.78. The number of amides is 1. The Hall–Kier alpha value is -0.420. The molecule has 2 saturated carbocycles. The molecule has 1 aromatic heterocycles. The maximum absolute atomic E-state index is 12.1. The number of hydrogen-bond donors (Lipinski definition) is 1. The van der Waals surface area contributed by atoms with Crippen LogP contribution in [0.15, 0.2) is 9.98 Å². The molecule has 3 nitrogen and oxygen atoms in total. The van der Waals surface area contributed by atoms with Gasteiger partial charge in [0.15, 0.2) is 5.13 Å². The molecular weight excluding hydrogens is 288 g/mol. The fourth-order valence-electron chi connectivity index (χ4n) is 3.08. The van der Waals surface area contributed by atoms with E-state index >= 15 is 0 Å². The first kappa shape index (κ1) is 10.7. The van der Waals surface area contributed by atoms with Crippen LogP contribution in [0.5, 0.6) is 0 Å². The van der Waals surface area contributed by atoms with E-state index in [-0.39, 0.29) is 11.8 Å². The standard InChI is InChI=1S/C11H13BrN2OS/c12-9-5-13-11(16-9)14-10(15)8-4-6-1-2-7(8)3-6/h5-8H,1-4H2,(H,13,14,15). The molecule has 1 amide bonds. The molecule has 3 atom stereocenters. The second-order valence-electron chi connectivity index (χ2n) is 4.74. The number of rotatable bonds is 2. The maximum Gasteiger partial charge on any atom is 0.229 e. The average molecular weight is 301 g/mol. The topological polar surface area (TPSA) is 42.0 Å². The summed E-state index contributed by atoms with van der Waals surface area (Å²) in [6.45, 7) is 0. The Kier molecular flexibility index (Phi) is 2.75. The van der Waals surface area contributed by atoms with Gasteiger partial charge >= 0.3 is 0 Å². The summed E-state index contributed by atoms with van der Waals surface area (Å²) >= 11 is 4.81. The summed E-state index contributed by atoms with van der Waals surface area (Å²) in [6, 6.07) is 0. The van der Waals surface area contributed by atoms with E-state index in [9.17, 15) is 4.79 Å². The molecule has 1 heterocycles. The number of carbonyl (C=O) groups is 1. The van der Waals surface area contributed by atoms with Gasteiger partial charge in [-0.15, -0.1) is 0 Å². The van der Waals surface area contributed by atoms with E-state index in [0.29, 0.717) is 11.0 Å². The van der Waals surface area contributed by atoms with E-state index in [1.54, 1.807) is 6.20 Å². The molecule has 2 fully saturated rings. The number of aromatic nitrogens is 1. The fourth-order valence-corrected chi connectivity index (χ4v) is 4.19. The van der Waals surface area contributed by atoms with E-state index in [1.165, 1.54) is 30.6 Å². The minimum Gasteiger partial charge on any atom is -0.302 e. The Morgan fingerprint density at radius 2 is 2.38 bits per heavy atom. The first-order chi connectivity index (χ1) is 7.72. The van der Waals surface area contributed by atoms with Crippen LogP contribution in [0.1, 0.15) is 25.7 Å². The number of carbonyl (C=O) groups excluding carboxylic acids is 1. The van der Waals surface area contributed by atoms with Gasteiger partial charge in [0.1, 0.15) is 0 Å². The highest BCUT2D eigenvalue weighted by Gasteiger charge is 2.43. The van der Waals surface area contributed by atoms with Gasteiger partial charge in [0.25, 0.3) is 0 Å². The smallest absolute Gasteiger partial charge is 0.229 e. The Morgan fingerprint density at radius 3 is 2.94 bits per heavy atom. The van der Waals surface area contributed by atoms with Crippen molar-refractivity contribution in [2.75, 3.05) is 5.32 Å². The second-order valence-corrected chi connectivity index (χ2v) is 7.15. The zero-order valence-corrected chi connectivity index (χ0v) is 11.2. The molecule has 0 saturated heterocycles. The fraction of sp³-hybridized carbons (Fsp3) is 0.636. The van der Waals surface area contributed by atoms with Crippen LogP contribution in [0.3, 0.4) is 0 Å². The van der Waals surface area contributed by atoms with E-state index in [0.717, 1.165) is 16.1 Å². The van der Waals surface area contributed by atoms with Gasteiger partial charge in [-0.25, -0.2) is 4.98 Å². The highest BCUT2D eigenvalue weighted by atomic mass is 79.9. The van der Waals surface area contributed by atoms with Gasteiger partial charge in [-0.05, 0) is 47.0 Å². The third-order valence-corrected chi connectivity index (χ3v) is 5.17. The molecule has 86 valence electrons. The first-order valence-electron chi connectivity index (χ1n) is 5.64. The third-order valence-electron chi connectivity index (χ3n) is 3.78. The van der Waals surface area contributed by atoms with Gasteiger partial charge in [-0.3, -0.25) is 4.79 Å². The van der Waals surface area contributed by atoms with Crippen molar-refractivity contribution in [3.8, 4) is 0 Å². The molecule has 3 unspecified atom stereocenters. The van der Waals surface area contributed by atoms with Gasteiger partial charge in [0, 0.05) is 5.92 Å². The van der Waals surface area contributed by atoms with Crippen LogP contribution < -0.4 is 5.32 Å². The molecular formula is C11H13BrN2OS. The Labute approximate surface area is 107 Å². The summed E-state index contributed by atoms with van der Waals surface area (Å²) in [5.74, 6) is 1.85. The highest BCUT2D eigenvalue weighted by Crippen LogP contribution is 2.48. The first-order valence-corrected chi connectivity index (χ1v) is 7.25. The summed E-state index contributed by atoms with van der Waals surface area (Å²) in [7, 11) is 0. The summed E-state index contributed by atoms with van der Waals surface area (Å²) in [5, 5.41) is 3.64. The molecule has 2 aliphatic rings. The molecule has 0 spiro atoms. The lowest BCUT2D eigenvalue weighted by atomic mass is 9.88. The quantitative estimate of drug-likeness (QED) is 0.911. The predicted molar refractivity (Wildman–Crippen MR) is 67.4 cm³/mol. The summed E-state index contributed by atoms with van der Waals surface area (Å²) in [4.78, 5) is 16.2. The maximum atomic E-state index is 12.1. The van der Waals surface area contributed by atoms with Crippen molar-refractivity contribution >= 4 is 38.3 Å². The van der Waals surface area contributed by atoms with Crippen LogP contribution in [-0.2, 0) is 4.79 Å². The monoisotopic (exact) mass is 300 g/mol. The summed E-state index contributed by atoms with van der Waals surface area (Å²) in [5.41, 5.74) is 0. The predicted octanol–water partition coefficient (Wildman–Crippen LogP) is 3.28. The van der Waals surface area contributed by atoms with Crippen LogP contribution in [0.25, 0.3) is 0 Å². The summed E-state index contributed by atoms with van der Waals surface area (Å²) in [6.07, 6.45) is 6.64. The molecule has 0 radical (unpaired) electrons. The van der Waals surface area contributed by atoms with E-state index in [1.807, 2.05) is 0 Å². The number of halogens is 1. The molecule has 0 aliphatic heterocycles. The van der Waals surface area contributed by atoms with E-state index in [4.69, 9.17) is 0 Å². The molecule has 3 rings (SSSR count). The number of nitrogens with one attached hydrogen (secondary N) is 1. The van der Waals surface area contributed by atoms with Crippen LogP contribution >= 0.6 is 27.3 Å². The van der Waals surface area contributed by atoms with Gasteiger partial charge in [0.05, 0.1) is 9.98 Å². The van der Waals surface area contributed by atoms with Gasteiger partial charge in [-0.2, -0.15) is 0 Å². The van der Waals surface area contributed by atoms with Crippen molar-refractivity contribution in [1.82, 2.24) is 4.98 Å². The largest absolute Gasteiger partial charge is 0.302 e. The Balaban J connectivity index is 1.65. The van der Waals surface area contributed by atoms with Crippen LogP contribution in [0.2, 0.25) is 0 Å². The second kappa shape index (κ2) is 4.11. The molecule has 16 heavy (non-hydrogen) atoms. The van der Waals surface area contributed by atoms with Crippen molar-refractivity contribution in [2.45, 2.75) is 25.7 Å². The Bertz CT molecular complexity index is 420. The minimum atomic E-state index is 0.175. The number of nitrogens with zero attached hydrogens (tertiary/aromatic N) is 1. The zero-order chi connectivity index (χ0) is 11.1. The molecule has 0 aromatic carbocycles. The normalized spacial score (nSPS) is 31.9. The van der Waals surface area contributed by atoms with Crippen molar-refractivity contribution in [1.29, 1.82) is 0 Å². The van der Waals surface area contributed by atoms with Crippen molar-refractivity contribution < 1.29 is 4.79 Å². The lowest BCUT2D eigenvalue weighted by Gasteiger charge is -2.19. The SMILES string of the molecule is O=C(Nc1ncc(Br)s1)C1CC2CCC1C2. The molecule has 5 heteroatoms. The molecule has 2 bridgehead atoms. The van der Waals surface area contributed by atoms with Gasteiger partial charge in [0.2, 0.25) is 5.91 Å². The van der Waals surface area contributed by atoms with Crippen LogP contribution in [0.4, 0.5) is 5.13 Å². The van der Waals surface area contributed by atoms with E-state index in [2.05, 4.69) is 26.2 Å². The molecule has 2 aliphatic carbocycles. The Morgan fingerprint density at radius 1 is 1.50 bits per heavy atom. The van der Waals surface area contributed by atoms with Gasteiger partial charge in [-0.1, -0.05) is 17.8 Å². The number of thiazole rings is 1. The van der Waals surface area contributed by atoms with Crippen molar-refractivity contribution in [2.24, 2.45) is 17.8 Å². The van der Waals surface area contributed by atoms with Crippen LogP contribution in [0, 0.1) is 17.8 Å². The average Bonchev–Trinajstić information content (AvgIpc) is 2.93. The van der Waals surface area contributed by atoms with Crippen LogP contribution in [-0.4, -0.2) is 10.9 Å². The number of hydrogen-bond acceptors (Lipinski definition) is 3. The third kappa shape index (κ3) is 1.91. The molecule has 1 N–H and O–H groups in total. The number of anilines is 1. The minimum absolute atomic E-state index is 0.175.